The van der Waals surface area contributed by atoms with Crippen molar-refractivity contribution in [1.29, 1.82) is 0 Å². The van der Waals surface area contributed by atoms with Crippen molar-refractivity contribution in [3.8, 4) is 0 Å². The van der Waals surface area contributed by atoms with Crippen molar-refractivity contribution in [1.82, 2.24) is 14.7 Å². The number of rotatable bonds is 6. The van der Waals surface area contributed by atoms with E-state index < -0.39 is 0 Å². The average molecular weight is 282 g/mol. The molecule has 4 nitrogen and oxygen atoms in total. The van der Waals surface area contributed by atoms with Gasteiger partial charge in [0.25, 0.3) is 0 Å². The first kappa shape index (κ1) is 14.7. The first-order chi connectivity index (χ1) is 9.13. The van der Waals surface area contributed by atoms with E-state index in [4.69, 9.17) is 0 Å². The highest BCUT2D eigenvalue weighted by Crippen LogP contribution is 2.26. The van der Waals surface area contributed by atoms with Crippen molar-refractivity contribution in [2.75, 3.05) is 30.4 Å². The zero-order valence-electron chi connectivity index (χ0n) is 12.6. The second-order valence-electron chi connectivity index (χ2n) is 5.40. The summed E-state index contributed by atoms with van der Waals surface area (Å²) < 4.78 is 1.98. The molecular formula is C14H26N4S. The Morgan fingerprint density at radius 3 is 2.95 bits per heavy atom. The van der Waals surface area contributed by atoms with Gasteiger partial charge in [-0.3, -0.25) is 9.58 Å². The third-order valence-electron chi connectivity index (χ3n) is 3.83. The molecule has 2 heterocycles. The number of thioether (sulfide) groups is 1. The largest absolute Gasteiger partial charge is 0.370 e. The molecule has 1 N–H and O–H groups in total. The smallest absolute Gasteiger partial charge is 0.128 e. The molecule has 0 radical (unpaired) electrons. The molecule has 0 saturated carbocycles. The fourth-order valence-electron chi connectivity index (χ4n) is 2.60. The molecular weight excluding hydrogens is 256 g/mol. The second kappa shape index (κ2) is 6.66. The fourth-order valence-corrected chi connectivity index (χ4v) is 3.90. The van der Waals surface area contributed by atoms with Gasteiger partial charge in [-0.1, -0.05) is 6.92 Å². The summed E-state index contributed by atoms with van der Waals surface area (Å²) in [5.74, 6) is 3.77. The molecule has 108 valence electrons. The van der Waals surface area contributed by atoms with Crippen LogP contribution in [0.1, 0.15) is 31.0 Å². The van der Waals surface area contributed by atoms with Gasteiger partial charge in [-0.2, -0.15) is 16.9 Å². The maximum absolute atomic E-state index is 4.57. The van der Waals surface area contributed by atoms with Gasteiger partial charge in [0, 0.05) is 37.5 Å². The van der Waals surface area contributed by atoms with Crippen LogP contribution in [0.4, 0.5) is 5.82 Å². The van der Waals surface area contributed by atoms with Crippen molar-refractivity contribution in [3.05, 3.63) is 11.3 Å². The first-order valence-corrected chi connectivity index (χ1v) is 8.33. The Hall–Kier alpha value is -0.680. The lowest BCUT2D eigenvalue weighted by Crippen LogP contribution is -2.31. The number of hydrogen-bond acceptors (Lipinski definition) is 4. The van der Waals surface area contributed by atoms with E-state index >= 15 is 0 Å². The van der Waals surface area contributed by atoms with Crippen LogP contribution in [-0.4, -0.2) is 45.8 Å². The Bertz CT molecular complexity index is 410. The van der Waals surface area contributed by atoms with E-state index in [9.17, 15) is 0 Å². The molecule has 1 aliphatic heterocycles. The Morgan fingerprint density at radius 1 is 1.53 bits per heavy atom. The van der Waals surface area contributed by atoms with Gasteiger partial charge in [0.1, 0.15) is 5.82 Å². The van der Waals surface area contributed by atoms with E-state index in [1.54, 1.807) is 0 Å². The van der Waals surface area contributed by atoms with Gasteiger partial charge in [0.05, 0.1) is 5.69 Å². The molecule has 0 spiro atoms. The first-order valence-electron chi connectivity index (χ1n) is 7.17. The lowest BCUT2D eigenvalue weighted by atomic mass is 10.1. The summed E-state index contributed by atoms with van der Waals surface area (Å²) in [5.41, 5.74) is 2.51. The number of hydrogen-bond donors (Lipinski definition) is 1. The van der Waals surface area contributed by atoms with Gasteiger partial charge in [-0.05, 0) is 32.6 Å². The van der Waals surface area contributed by atoms with Gasteiger partial charge in [0.2, 0.25) is 0 Å². The van der Waals surface area contributed by atoms with Crippen molar-refractivity contribution < 1.29 is 0 Å². The van der Waals surface area contributed by atoms with Crippen molar-refractivity contribution >= 4 is 17.6 Å². The molecule has 1 unspecified atom stereocenters. The summed E-state index contributed by atoms with van der Waals surface area (Å²) in [5, 5.41) is 8.08. The predicted molar refractivity (Wildman–Crippen MR) is 83.9 cm³/mol. The summed E-state index contributed by atoms with van der Waals surface area (Å²) in [6.45, 7) is 6.31. The van der Waals surface area contributed by atoms with E-state index in [0.717, 1.165) is 31.2 Å². The number of nitrogens with zero attached hydrogens (tertiary/aromatic N) is 3. The van der Waals surface area contributed by atoms with Crippen LogP contribution < -0.4 is 5.32 Å². The third-order valence-corrected chi connectivity index (χ3v) is 4.97. The van der Waals surface area contributed by atoms with E-state index in [1.807, 2.05) is 11.7 Å². The normalized spacial score (nSPS) is 19.3. The van der Waals surface area contributed by atoms with Crippen molar-refractivity contribution in [2.24, 2.45) is 7.05 Å². The van der Waals surface area contributed by atoms with Crippen LogP contribution in [0.3, 0.4) is 0 Å². The summed E-state index contributed by atoms with van der Waals surface area (Å²) in [6, 6.07) is 0.726. The molecule has 0 aliphatic carbocycles. The number of anilines is 1. The number of nitrogens with one attached hydrogen (secondary N) is 1. The lowest BCUT2D eigenvalue weighted by molar-refractivity contribution is 0.254. The minimum absolute atomic E-state index is 0.726. The van der Waals surface area contributed by atoms with Crippen LogP contribution in [0.25, 0.3) is 0 Å². The quantitative estimate of drug-likeness (QED) is 0.869. The molecule has 1 aromatic rings. The highest BCUT2D eigenvalue weighted by molar-refractivity contribution is 7.99. The third kappa shape index (κ3) is 3.45. The van der Waals surface area contributed by atoms with E-state index in [0.29, 0.717) is 0 Å². The zero-order valence-corrected chi connectivity index (χ0v) is 13.4. The van der Waals surface area contributed by atoms with E-state index in [1.165, 1.54) is 29.3 Å². The SMILES string of the molecule is CCCNc1c(CN(C)C2CCSC2)c(C)nn1C. The molecule has 0 amide bonds. The Labute approximate surface area is 120 Å². The monoisotopic (exact) mass is 282 g/mol. The van der Waals surface area contributed by atoms with Crippen LogP contribution in [0.15, 0.2) is 0 Å². The van der Waals surface area contributed by atoms with Crippen molar-refractivity contribution in [2.45, 2.75) is 39.3 Å². The maximum atomic E-state index is 4.57. The summed E-state index contributed by atoms with van der Waals surface area (Å²) in [4.78, 5) is 2.49. The number of aromatic nitrogens is 2. The Morgan fingerprint density at radius 2 is 2.32 bits per heavy atom. The Kier molecular flexibility index (Phi) is 5.16. The molecule has 1 saturated heterocycles. The topological polar surface area (TPSA) is 33.1 Å². The zero-order chi connectivity index (χ0) is 13.8. The van der Waals surface area contributed by atoms with Gasteiger partial charge < -0.3 is 5.32 Å². The standard InChI is InChI=1S/C14H26N4S/c1-5-7-15-14-13(11(2)16-18(14)4)9-17(3)12-6-8-19-10-12/h12,15H,5-10H2,1-4H3. The molecule has 1 aliphatic rings. The minimum atomic E-state index is 0.726. The van der Waals surface area contributed by atoms with Crippen molar-refractivity contribution in [3.63, 3.8) is 0 Å². The molecule has 1 aromatic heterocycles. The van der Waals surface area contributed by atoms with Crippen LogP contribution in [0, 0.1) is 6.92 Å². The molecule has 1 fully saturated rings. The molecule has 2 rings (SSSR count). The van der Waals surface area contributed by atoms with Gasteiger partial charge in [0.15, 0.2) is 0 Å². The molecule has 0 aromatic carbocycles. The molecule has 1 atom stereocenters. The highest BCUT2D eigenvalue weighted by atomic mass is 32.2. The van der Waals surface area contributed by atoms with E-state index in [-0.39, 0.29) is 0 Å². The molecule has 5 heteroatoms. The summed E-state index contributed by atoms with van der Waals surface area (Å²) in [6.07, 6.45) is 2.46. The average Bonchev–Trinajstić information content (AvgIpc) is 2.98. The number of aryl methyl sites for hydroxylation is 2. The van der Waals surface area contributed by atoms with Gasteiger partial charge in [-0.15, -0.1) is 0 Å². The summed E-state index contributed by atoms with van der Waals surface area (Å²) in [7, 11) is 4.27. The minimum Gasteiger partial charge on any atom is -0.370 e. The highest BCUT2D eigenvalue weighted by Gasteiger charge is 2.22. The Balaban J connectivity index is 2.09. The van der Waals surface area contributed by atoms with Crippen LogP contribution >= 0.6 is 11.8 Å². The molecule has 0 bridgehead atoms. The van der Waals surface area contributed by atoms with E-state index in [2.05, 4.69) is 48.0 Å². The van der Waals surface area contributed by atoms with Gasteiger partial charge >= 0.3 is 0 Å². The van der Waals surface area contributed by atoms with Crippen LogP contribution in [0.5, 0.6) is 0 Å². The molecule has 19 heavy (non-hydrogen) atoms. The van der Waals surface area contributed by atoms with Gasteiger partial charge in [-0.25, -0.2) is 0 Å². The predicted octanol–water partition coefficient (Wildman–Crippen LogP) is 2.49. The second-order valence-corrected chi connectivity index (χ2v) is 6.55. The van der Waals surface area contributed by atoms with Crippen LogP contribution in [0.2, 0.25) is 0 Å². The fraction of sp³-hybridized carbons (Fsp3) is 0.786. The van der Waals surface area contributed by atoms with Crippen LogP contribution in [-0.2, 0) is 13.6 Å². The maximum Gasteiger partial charge on any atom is 0.128 e. The summed E-state index contributed by atoms with van der Waals surface area (Å²) >= 11 is 2.07. The lowest BCUT2D eigenvalue weighted by Gasteiger charge is -2.24.